The van der Waals surface area contributed by atoms with E-state index in [1.807, 2.05) is 61.2 Å². The van der Waals surface area contributed by atoms with Crippen LogP contribution in [0, 0.1) is 11.3 Å². The highest BCUT2D eigenvalue weighted by Crippen LogP contribution is 2.36. The number of carbonyl (C=O) groups excluding carboxylic acids is 1. The van der Waals surface area contributed by atoms with E-state index in [0.717, 1.165) is 65.9 Å². The summed E-state index contributed by atoms with van der Waals surface area (Å²) in [6, 6.07) is 16.4. The number of amides is 1. The summed E-state index contributed by atoms with van der Waals surface area (Å²) in [6.45, 7) is 7.61. The van der Waals surface area contributed by atoms with Crippen LogP contribution in [-0.4, -0.2) is 23.1 Å². The monoisotopic (exact) mass is 415 g/mol. The molecule has 2 aromatic carbocycles. The first kappa shape index (κ1) is 21.0. The smallest absolute Gasteiger partial charge is 0.226 e. The van der Waals surface area contributed by atoms with Crippen LogP contribution < -0.4 is 9.64 Å². The van der Waals surface area contributed by atoms with Crippen LogP contribution in [0.25, 0.3) is 22.2 Å². The van der Waals surface area contributed by atoms with Gasteiger partial charge in [-0.25, -0.2) is 0 Å². The van der Waals surface area contributed by atoms with Crippen molar-refractivity contribution in [3.8, 4) is 23.1 Å². The summed E-state index contributed by atoms with van der Waals surface area (Å²) in [5, 5.41) is 10.9. The number of aromatic nitrogens is 1. The number of fused-ring (bicyclic) bond motifs is 1. The minimum Gasteiger partial charge on any atom is -0.491 e. The molecule has 0 unspecified atom stereocenters. The summed E-state index contributed by atoms with van der Waals surface area (Å²) >= 11 is 0. The van der Waals surface area contributed by atoms with Crippen molar-refractivity contribution in [2.24, 2.45) is 0 Å². The van der Waals surface area contributed by atoms with Crippen molar-refractivity contribution in [3.63, 3.8) is 0 Å². The molecule has 0 N–H and O–H groups in total. The number of nitriles is 1. The van der Waals surface area contributed by atoms with E-state index in [0.29, 0.717) is 12.0 Å². The standard InChI is InChI=1S/C26H29N3O2/c1-4-28-24-16-21(31-18(2)3)13-14-22(24)23(17-27)26(28)19-9-11-20(12-10-19)29-15-7-5-6-8-25(29)30/h9-14,16,18H,4-8,15H2,1-3H3. The molecule has 1 saturated heterocycles. The van der Waals surface area contributed by atoms with Crippen molar-refractivity contribution < 1.29 is 9.53 Å². The van der Waals surface area contributed by atoms with Crippen LogP contribution in [0.2, 0.25) is 0 Å². The lowest BCUT2D eigenvalue weighted by molar-refractivity contribution is -0.118. The molecule has 0 radical (unpaired) electrons. The predicted octanol–water partition coefficient (Wildman–Crippen LogP) is 5.89. The van der Waals surface area contributed by atoms with Gasteiger partial charge in [0.2, 0.25) is 5.91 Å². The minimum absolute atomic E-state index is 0.0895. The van der Waals surface area contributed by atoms with E-state index < -0.39 is 0 Å². The second kappa shape index (κ2) is 8.85. The van der Waals surface area contributed by atoms with Gasteiger partial charge in [-0.2, -0.15) is 5.26 Å². The Morgan fingerprint density at radius 1 is 1.10 bits per heavy atom. The Hall–Kier alpha value is -3.26. The number of benzene rings is 2. The molecule has 5 heteroatoms. The number of ether oxygens (including phenoxy) is 1. The molecule has 0 saturated carbocycles. The molecule has 1 aliphatic heterocycles. The van der Waals surface area contributed by atoms with E-state index in [2.05, 4.69) is 17.6 Å². The fourth-order valence-electron chi connectivity index (χ4n) is 4.47. The second-order valence-electron chi connectivity index (χ2n) is 8.33. The minimum atomic E-state index is 0.0895. The molecule has 0 atom stereocenters. The summed E-state index contributed by atoms with van der Waals surface area (Å²) in [5.41, 5.74) is 4.49. The molecule has 1 aromatic heterocycles. The third-order valence-electron chi connectivity index (χ3n) is 5.86. The number of hydrogen-bond donors (Lipinski definition) is 0. The Balaban J connectivity index is 1.78. The molecule has 1 fully saturated rings. The number of rotatable bonds is 5. The topological polar surface area (TPSA) is 58.3 Å². The second-order valence-corrected chi connectivity index (χ2v) is 8.33. The fraction of sp³-hybridized carbons (Fsp3) is 0.385. The molecule has 3 aromatic rings. The van der Waals surface area contributed by atoms with Crippen LogP contribution in [0.4, 0.5) is 5.69 Å². The Bertz CT molecular complexity index is 1140. The van der Waals surface area contributed by atoms with Gasteiger partial charge in [-0.05, 0) is 63.4 Å². The van der Waals surface area contributed by atoms with Gasteiger partial charge in [0.1, 0.15) is 11.8 Å². The maximum absolute atomic E-state index is 12.5. The van der Waals surface area contributed by atoms with Gasteiger partial charge in [0.25, 0.3) is 0 Å². The van der Waals surface area contributed by atoms with Crippen molar-refractivity contribution in [2.45, 2.75) is 59.1 Å². The van der Waals surface area contributed by atoms with Gasteiger partial charge >= 0.3 is 0 Å². The molecule has 5 nitrogen and oxygen atoms in total. The quantitative estimate of drug-likeness (QED) is 0.522. The average molecular weight is 416 g/mol. The van der Waals surface area contributed by atoms with Crippen LogP contribution >= 0.6 is 0 Å². The largest absolute Gasteiger partial charge is 0.491 e. The highest BCUT2D eigenvalue weighted by atomic mass is 16.5. The molecule has 0 bridgehead atoms. The van der Waals surface area contributed by atoms with Crippen molar-refractivity contribution in [1.29, 1.82) is 5.26 Å². The third kappa shape index (κ3) is 4.03. The first-order valence-corrected chi connectivity index (χ1v) is 11.2. The van der Waals surface area contributed by atoms with Gasteiger partial charge in [0.15, 0.2) is 0 Å². The zero-order chi connectivity index (χ0) is 22.0. The Morgan fingerprint density at radius 2 is 1.87 bits per heavy atom. The normalized spacial score (nSPS) is 14.7. The van der Waals surface area contributed by atoms with Gasteiger partial charge in [0.05, 0.1) is 22.9 Å². The van der Waals surface area contributed by atoms with E-state index in [4.69, 9.17) is 4.74 Å². The summed E-state index contributed by atoms with van der Waals surface area (Å²) in [4.78, 5) is 14.4. The molecule has 1 aliphatic rings. The van der Waals surface area contributed by atoms with E-state index >= 15 is 0 Å². The Kier molecular flexibility index (Phi) is 5.99. The fourth-order valence-corrected chi connectivity index (χ4v) is 4.47. The van der Waals surface area contributed by atoms with Gasteiger partial charge in [0, 0.05) is 36.7 Å². The maximum Gasteiger partial charge on any atom is 0.226 e. The zero-order valence-electron chi connectivity index (χ0n) is 18.5. The molecule has 1 amide bonds. The number of aryl methyl sites for hydroxylation is 1. The highest BCUT2D eigenvalue weighted by molar-refractivity contribution is 5.96. The van der Waals surface area contributed by atoms with Crippen LogP contribution in [-0.2, 0) is 11.3 Å². The summed E-state index contributed by atoms with van der Waals surface area (Å²) in [7, 11) is 0. The lowest BCUT2D eigenvalue weighted by atomic mass is 10.1. The van der Waals surface area contributed by atoms with E-state index in [1.54, 1.807) is 0 Å². The molecule has 0 aliphatic carbocycles. The van der Waals surface area contributed by atoms with Crippen LogP contribution in [0.3, 0.4) is 0 Å². The number of anilines is 1. The Morgan fingerprint density at radius 3 is 2.55 bits per heavy atom. The zero-order valence-corrected chi connectivity index (χ0v) is 18.5. The van der Waals surface area contributed by atoms with Crippen molar-refractivity contribution >= 4 is 22.5 Å². The van der Waals surface area contributed by atoms with E-state index in [1.165, 1.54) is 0 Å². The maximum atomic E-state index is 12.5. The van der Waals surface area contributed by atoms with E-state index in [-0.39, 0.29) is 12.0 Å². The third-order valence-corrected chi connectivity index (χ3v) is 5.86. The SMILES string of the molecule is CCn1c(-c2ccc(N3CCCCCC3=O)cc2)c(C#N)c2ccc(OC(C)C)cc21. The number of hydrogen-bond acceptors (Lipinski definition) is 3. The molecular weight excluding hydrogens is 386 g/mol. The lowest BCUT2D eigenvalue weighted by Gasteiger charge is -2.21. The summed E-state index contributed by atoms with van der Waals surface area (Å²) in [6.07, 6.45) is 3.82. The molecule has 4 rings (SSSR count). The molecule has 31 heavy (non-hydrogen) atoms. The number of carbonyl (C=O) groups is 1. The summed E-state index contributed by atoms with van der Waals surface area (Å²) < 4.78 is 8.05. The molecule has 160 valence electrons. The molecule has 2 heterocycles. The predicted molar refractivity (Wildman–Crippen MR) is 124 cm³/mol. The van der Waals surface area contributed by atoms with Crippen molar-refractivity contribution in [3.05, 3.63) is 48.0 Å². The van der Waals surface area contributed by atoms with Crippen molar-refractivity contribution in [1.82, 2.24) is 4.57 Å². The molecule has 0 spiro atoms. The lowest BCUT2D eigenvalue weighted by Crippen LogP contribution is -2.29. The van der Waals surface area contributed by atoms with Gasteiger partial charge in [-0.1, -0.05) is 18.6 Å². The van der Waals surface area contributed by atoms with E-state index in [9.17, 15) is 10.1 Å². The first-order chi connectivity index (χ1) is 15.0. The number of nitrogens with zero attached hydrogens (tertiary/aromatic N) is 3. The van der Waals surface area contributed by atoms with Gasteiger partial charge < -0.3 is 14.2 Å². The van der Waals surface area contributed by atoms with Gasteiger partial charge in [-0.3, -0.25) is 4.79 Å². The molecular formula is C26H29N3O2. The van der Waals surface area contributed by atoms with Crippen molar-refractivity contribution in [2.75, 3.05) is 11.4 Å². The summed E-state index contributed by atoms with van der Waals surface area (Å²) in [5.74, 6) is 1.00. The first-order valence-electron chi connectivity index (χ1n) is 11.2. The van der Waals surface area contributed by atoms with Crippen LogP contribution in [0.1, 0.15) is 52.0 Å². The van der Waals surface area contributed by atoms with Crippen LogP contribution in [0.15, 0.2) is 42.5 Å². The van der Waals surface area contributed by atoms with Gasteiger partial charge in [-0.15, -0.1) is 0 Å². The highest BCUT2D eigenvalue weighted by Gasteiger charge is 2.21. The van der Waals surface area contributed by atoms with Crippen LogP contribution in [0.5, 0.6) is 5.75 Å². The Labute approximate surface area is 183 Å². The average Bonchev–Trinajstić information content (AvgIpc) is 2.91.